The Morgan fingerprint density at radius 1 is 1.06 bits per heavy atom. The van der Waals surface area contributed by atoms with Gasteiger partial charge in [0, 0.05) is 42.5 Å². The van der Waals surface area contributed by atoms with Gasteiger partial charge in [0.2, 0.25) is 11.1 Å². The minimum atomic E-state index is -0.260. The fraction of sp³-hybridized carbons (Fsp3) is 0.250. The van der Waals surface area contributed by atoms with E-state index in [2.05, 4.69) is 15.1 Å². The summed E-state index contributed by atoms with van der Waals surface area (Å²) in [6.45, 7) is 2.57. The zero-order chi connectivity index (χ0) is 22.0. The third-order valence-electron chi connectivity index (χ3n) is 4.99. The van der Waals surface area contributed by atoms with Crippen molar-refractivity contribution in [3.63, 3.8) is 0 Å². The maximum absolute atomic E-state index is 13.1. The van der Waals surface area contributed by atoms with Crippen molar-refractivity contribution in [1.82, 2.24) is 19.8 Å². The quantitative estimate of drug-likeness (QED) is 0.444. The summed E-state index contributed by atoms with van der Waals surface area (Å²) < 4.78 is 14.4. The molecule has 2 N–H and O–H groups in total. The largest absolute Gasteiger partial charge is 0.368 e. The second-order valence-corrected chi connectivity index (χ2v) is 8.72. The van der Waals surface area contributed by atoms with Gasteiger partial charge in [0.1, 0.15) is 5.82 Å². The van der Waals surface area contributed by atoms with Crippen molar-refractivity contribution in [2.24, 2.45) is 0 Å². The lowest BCUT2D eigenvalue weighted by Crippen LogP contribution is -2.49. The van der Waals surface area contributed by atoms with Crippen molar-refractivity contribution in [3.05, 3.63) is 58.3 Å². The van der Waals surface area contributed by atoms with E-state index in [1.165, 1.54) is 28.6 Å². The highest BCUT2D eigenvalue weighted by molar-refractivity contribution is 7.99. The number of rotatable bonds is 5. The van der Waals surface area contributed by atoms with Gasteiger partial charge in [-0.1, -0.05) is 35.0 Å². The predicted octanol–water partition coefficient (Wildman–Crippen LogP) is 3.55. The van der Waals surface area contributed by atoms with Gasteiger partial charge in [0.25, 0.3) is 0 Å². The maximum atomic E-state index is 13.1. The van der Waals surface area contributed by atoms with Crippen LogP contribution in [0.15, 0.2) is 47.6 Å². The molecule has 0 radical (unpaired) electrons. The molecule has 0 spiro atoms. The predicted molar refractivity (Wildman–Crippen MR) is 122 cm³/mol. The molecule has 0 bridgehead atoms. The summed E-state index contributed by atoms with van der Waals surface area (Å²) in [6.07, 6.45) is 0. The molecule has 0 saturated carbocycles. The van der Waals surface area contributed by atoms with E-state index in [9.17, 15) is 9.18 Å². The third kappa shape index (κ3) is 4.89. The average molecular weight is 481 g/mol. The highest BCUT2D eigenvalue weighted by atomic mass is 35.5. The van der Waals surface area contributed by atoms with Gasteiger partial charge >= 0.3 is 0 Å². The van der Waals surface area contributed by atoms with Crippen LogP contribution in [-0.4, -0.2) is 57.6 Å². The summed E-state index contributed by atoms with van der Waals surface area (Å²) in [5.74, 6) is 6.45. The first-order valence-electron chi connectivity index (χ1n) is 9.49. The third-order valence-corrected chi connectivity index (χ3v) is 6.46. The Kier molecular flexibility index (Phi) is 6.54. The minimum absolute atomic E-state index is 0.00201. The first kappa shape index (κ1) is 21.7. The smallest absolute Gasteiger partial charge is 0.233 e. The Bertz CT molecular complexity index is 1090. The molecule has 0 aliphatic carbocycles. The van der Waals surface area contributed by atoms with E-state index in [0.717, 1.165) is 5.69 Å². The molecule has 2 aromatic carbocycles. The molecule has 7 nitrogen and oxygen atoms in total. The van der Waals surface area contributed by atoms with Gasteiger partial charge in [-0.15, -0.1) is 10.2 Å². The molecule has 0 unspecified atom stereocenters. The van der Waals surface area contributed by atoms with Crippen LogP contribution in [0.3, 0.4) is 0 Å². The molecular formula is C20H19Cl2FN6OS. The van der Waals surface area contributed by atoms with Crippen molar-refractivity contribution in [1.29, 1.82) is 0 Å². The normalized spacial score (nSPS) is 14.2. The number of nitrogens with zero attached hydrogens (tertiary/aromatic N) is 5. The molecule has 2 heterocycles. The van der Waals surface area contributed by atoms with Crippen LogP contribution in [0.25, 0.3) is 11.4 Å². The number of aromatic nitrogens is 3. The number of piperazine rings is 1. The first-order valence-corrected chi connectivity index (χ1v) is 11.2. The number of anilines is 1. The Balaban J connectivity index is 1.33. The molecule has 1 aliphatic rings. The Hall–Kier alpha value is -2.49. The van der Waals surface area contributed by atoms with Gasteiger partial charge in [-0.25, -0.2) is 9.07 Å². The lowest BCUT2D eigenvalue weighted by Gasteiger charge is -2.36. The van der Waals surface area contributed by atoms with Crippen LogP contribution in [-0.2, 0) is 4.79 Å². The lowest BCUT2D eigenvalue weighted by atomic mass is 10.2. The van der Waals surface area contributed by atoms with Crippen molar-refractivity contribution in [3.8, 4) is 11.4 Å². The number of hydrogen-bond donors (Lipinski definition) is 1. The monoisotopic (exact) mass is 480 g/mol. The molecule has 1 aliphatic heterocycles. The topological polar surface area (TPSA) is 80.3 Å². The molecule has 31 heavy (non-hydrogen) atoms. The van der Waals surface area contributed by atoms with E-state index < -0.39 is 0 Å². The van der Waals surface area contributed by atoms with E-state index in [0.29, 0.717) is 52.8 Å². The Morgan fingerprint density at radius 2 is 1.77 bits per heavy atom. The molecule has 1 saturated heterocycles. The number of carbonyl (C=O) groups excluding carboxylic acids is 1. The fourth-order valence-corrected chi connectivity index (χ4v) is 4.57. The zero-order valence-electron chi connectivity index (χ0n) is 16.3. The SMILES string of the molecule is Nn1c(SCC(=O)N2CCN(c3ccc(F)cc3)CC2)nnc1-c1ccc(Cl)cc1Cl. The number of carbonyl (C=O) groups is 1. The van der Waals surface area contributed by atoms with Gasteiger partial charge in [-0.05, 0) is 42.5 Å². The summed E-state index contributed by atoms with van der Waals surface area (Å²) in [4.78, 5) is 16.6. The Labute approximate surface area is 192 Å². The zero-order valence-corrected chi connectivity index (χ0v) is 18.7. The van der Waals surface area contributed by atoms with Gasteiger partial charge < -0.3 is 15.6 Å². The summed E-state index contributed by atoms with van der Waals surface area (Å²) in [6, 6.07) is 11.4. The number of amides is 1. The van der Waals surface area contributed by atoms with Gasteiger partial charge in [0.05, 0.1) is 10.8 Å². The minimum Gasteiger partial charge on any atom is -0.368 e. The van der Waals surface area contributed by atoms with E-state index in [-0.39, 0.29) is 17.5 Å². The van der Waals surface area contributed by atoms with Crippen LogP contribution in [0.4, 0.5) is 10.1 Å². The lowest BCUT2D eigenvalue weighted by molar-refractivity contribution is -0.128. The van der Waals surface area contributed by atoms with Crippen molar-refractivity contribution in [2.45, 2.75) is 5.16 Å². The molecule has 4 rings (SSSR count). The number of thioether (sulfide) groups is 1. The average Bonchev–Trinajstić information content (AvgIpc) is 3.13. The van der Waals surface area contributed by atoms with E-state index in [1.54, 1.807) is 35.2 Å². The highest BCUT2D eigenvalue weighted by Gasteiger charge is 2.23. The number of halogens is 3. The van der Waals surface area contributed by atoms with Gasteiger partial charge in [-0.2, -0.15) is 0 Å². The van der Waals surface area contributed by atoms with Gasteiger partial charge in [-0.3, -0.25) is 4.79 Å². The number of hydrogen-bond acceptors (Lipinski definition) is 6. The number of nitrogens with two attached hydrogens (primary N) is 1. The molecule has 11 heteroatoms. The standard InChI is InChI=1S/C20H19Cl2FN6OS/c21-13-1-6-16(17(22)11-13)19-25-26-20(29(19)24)31-12-18(30)28-9-7-27(8-10-28)15-4-2-14(23)3-5-15/h1-6,11H,7-10,12,24H2. The van der Waals surface area contributed by atoms with Crippen molar-refractivity contribution >= 4 is 46.6 Å². The van der Waals surface area contributed by atoms with Crippen LogP contribution >= 0.6 is 35.0 Å². The van der Waals surface area contributed by atoms with Crippen LogP contribution < -0.4 is 10.7 Å². The fourth-order valence-electron chi connectivity index (χ4n) is 3.31. The number of nitrogen functional groups attached to an aromatic ring is 1. The second-order valence-electron chi connectivity index (χ2n) is 6.93. The molecule has 3 aromatic rings. The van der Waals surface area contributed by atoms with Crippen LogP contribution in [0.1, 0.15) is 0 Å². The molecule has 0 atom stereocenters. The summed E-state index contributed by atoms with van der Waals surface area (Å²) in [5.41, 5.74) is 1.56. The van der Waals surface area contributed by atoms with E-state index in [4.69, 9.17) is 29.0 Å². The van der Waals surface area contributed by atoms with Crippen LogP contribution in [0.5, 0.6) is 0 Å². The Morgan fingerprint density at radius 3 is 2.45 bits per heavy atom. The highest BCUT2D eigenvalue weighted by Crippen LogP contribution is 2.30. The summed E-state index contributed by atoms with van der Waals surface area (Å²) >= 11 is 13.4. The van der Waals surface area contributed by atoms with Crippen molar-refractivity contribution in [2.75, 3.05) is 42.7 Å². The first-order chi connectivity index (χ1) is 14.9. The van der Waals surface area contributed by atoms with Crippen LogP contribution in [0.2, 0.25) is 10.0 Å². The molecule has 1 aromatic heterocycles. The summed E-state index contributed by atoms with van der Waals surface area (Å²) in [7, 11) is 0. The summed E-state index contributed by atoms with van der Waals surface area (Å²) in [5, 5.41) is 9.52. The molecule has 162 valence electrons. The van der Waals surface area contributed by atoms with E-state index in [1.807, 2.05) is 0 Å². The van der Waals surface area contributed by atoms with Crippen LogP contribution in [0, 0.1) is 5.82 Å². The molecule has 1 amide bonds. The number of benzene rings is 2. The van der Waals surface area contributed by atoms with Crippen molar-refractivity contribution < 1.29 is 9.18 Å². The maximum Gasteiger partial charge on any atom is 0.233 e. The second kappa shape index (κ2) is 9.33. The van der Waals surface area contributed by atoms with Gasteiger partial charge in [0.15, 0.2) is 5.82 Å². The van der Waals surface area contributed by atoms with E-state index >= 15 is 0 Å². The molecule has 1 fully saturated rings. The molecular weight excluding hydrogens is 462 g/mol.